The van der Waals surface area contributed by atoms with Crippen molar-refractivity contribution in [3.05, 3.63) is 156 Å². The van der Waals surface area contributed by atoms with E-state index in [1.807, 2.05) is 79.1 Å². The molecule has 4 atom stereocenters. The van der Waals surface area contributed by atoms with Gasteiger partial charge in [-0.05, 0) is 124 Å². The fourth-order valence-electron chi connectivity index (χ4n) is 11.4. The number of rotatable bonds is 15. The maximum atomic E-state index is 13.6. The van der Waals surface area contributed by atoms with E-state index in [-0.39, 0.29) is 49.3 Å². The number of aromatic nitrogens is 6. The first kappa shape index (κ1) is 64.0. The minimum atomic E-state index is -0.509. The molecule has 88 heavy (non-hydrogen) atoms. The molecule has 23 heteroatoms. The highest BCUT2D eigenvalue weighted by atomic mass is 35.5. The number of nitrogen functional groups attached to an aromatic ring is 1. The van der Waals surface area contributed by atoms with Gasteiger partial charge in [-0.25, -0.2) is 19.9 Å². The summed E-state index contributed by atoms with van der Waals surface area (Å²) in [5.74, 6) is 0.520. The fraction of sp³-hybridized carbons (Fsp3) is 0.323. The molecule has 2 aliphatic heterocycles. The zero-order valence-corrected chi connectivity index (χ0v) is 50.2. The number of nitrogens with two attached hydrogens (primary N) is 1. The summed E-state index contributed by atoms with van der Waals surface area (Å²) in [6.07, 6.45) is 16.6. The first-order valence-corrected chi connectivity index (χ1v) is 30.2. The zero-order valence-electron chi connectivity index (χ0n) is 47.9. The number of H-pyrrole nitrogens is 2. The number of nitrogens with zero attached hydrogens (tertiary/aromatic N) is 6. The van der Waals surface area contributed by atoms with Gasteiger partial charge in [0.2, 0.25) is 23.0 Å². The number of amides is 3. The number of morpholine rings is 2. The van der Waals surface area contributed by atoms with Crippen LogP contribution in [0.5, 0.6) is 0 Å². The lowest BCUT2D eigenvalue weighted by atomic mass is 9.90. The Labute approximate surface area is 526 Å². The number of benzene rings is 4. The molecule has 4 aliphatic rings. The maximum Gasteiger partial charge on any atom is 0.253 e. The zero-order chi connectivity index (χ0) is 60.8. The third kappa shape index (κ3) is 16.2. The number of ether oxygens (including phenoxy) is 2. The minimum absolute atomic E-state index is 0. The smallest absolute Gasteiger partial charge is 0.253 e. The molecule has 4 fully saturated rings. The van der Waals surface area contributed by atoms with Crippen LogP contribution in [0.2, 0.25) is 10.0 Å². The van der Waals surface area contributed by atoms with E-state index in [0.29, 0.717) is 95.3 Å². The number of nitrogens with one attached hydrogen (secondary N) is 7. The Hall–Kier alpha value is -8.53. The SMILES string of the molecule is C.C=CC(=O)Cl.C=CC(=O)Nc1ccc(C(=O)N[C@H]2CCC[C@@H](Nc3ncc(Cl)c(-c4c[nH]c5ccccc45)n3)C2)c(N2CCOCC2)c1.Nc1ccc(C(=O)N[C@H]2CCC[C@@H](Nc3ncc(Cl)c(-c4c[nH]c5ccccc45)n3)C2)c(N2CCOCC2)c1. The van der Waals surface area contributed by atoms with Gasteiger partial charge in [0.1, 0.15) is 0 Å². The molecule has 2 saturated carbocycles. The molecule has 8 aromatic rings. The lowest BCUT2D eigenvalue weighted by molar-refractivity contribution is -0.112. The van der Waals surface area contributed by atoms with Gasteiger partial charge in [0.15, 0.2) is 0 Å². The largest absolute Gasteiger partial charge is 0.399 e. The van der Waals surface area contributed by atoms with Crippen LogP contribution in [0.3, 0.4) is 0 Å². The Kier molecular flexibility index (Phi) is 22.1. The van der Waals surface area contributed by atoms with Crippen molar-refractivity contribution in [3.8, 4) is 22.5 Å². The summed E-state index contributed by atoms with van der Waals surface area (Å²) < 4.78 is 11.0. The van der Waals surface area contributed by atoms with Crippen LogP contribution in [0.1, 0.15) is 79.5 Å². The van der Waals surface area contributed by atoms with Crippen molar-refractivity contribution in [3.63, 3.8) is 0 Å². The van der Waals surface area contributed by atoms with Crippen LogP contribution in [-0.2, 0) is 19.1 Å². The Balaban J connectivity index is 0.000000193. The molecule has 3 amide bonds. The molecule has 4 aromatic heterocycles. The topological polar surface area (TPSA) is 263 Å². The fourth-order valence-corrected chi connectivity index (χ4v) is 11.8. The molecule has 2 saturated heterocycles. The maximum absolute atomic E-state index is 13.6. The number of carbonyl (C=O) groups is 4. The van der Waals surface area contributed by atoms with Crippen molar-refractivity contribution < 1.29 is 28.7 Å². The van der Waals surface area contributed by atoms with E-state index in [4.69, 9.17) is 60.0 Å². The van der Waals surface area contributed by atoms with Gasteiger partial charge in [0.05, 0.1) is 82.8 Å². The van der Waals surface area contributed by atoms with E-state index in [1.165, 1.54) is 6.08 Å². The lowest BCUT2D eigenvalue weighted by Gasteiger charge is -2.32. The van der Waals surface area contributed by atoms with Crippen LogP contribution < -0.4 is 42.1 Å². The highest BCUT2D eigenvalue weighted by Gasteiger charge is 2.29. The molecule has 12 rings (SSSR count). The third-order valence-corrected chi connectivity index (χ3v) is 16.4. The molecule has 0 bridgehead atoms. The number of hydrogen-bond acceptors (Lipinski definition) is 15. The molecule has 2 aliphatic carbocycles. The van der Waals surface area contributed by atoms with E-state index in [2.05, 4.69) is 69.5 Å². The highest BCUT2D eigenvalue weighted by Crippen LogP contribution is 2.36. The van der Waals surface area contributed by atoms with Gasteiger partial charge in [0.25, 0.3) is 11.8 Å². The van der Waals surface area contributed by atoms with Gasteiger partial charge < -0.3 is 61.6 Å². The number of carbonyl (C=O) groups excluding carboxylic acids is 4. The lowest BCUT2D eigenvalue weighted by Crippen LogP contribution is -2.43. The van der Waals surface area contributed by atoms with E-state index in [9.17, 15) is 19.2 Å². The molecular weight excluding hydrogens is 1180 g/mol. The Bertz CT molecular complexity index is 3770. The van der Waals surface area contributed by atoms with E-state index < -0.39 is 5.24 Å². The van der Waals surface area contributed by atoms with Gasteiger partial charge in [-0.3, -0.25) is 19.2 Å². The summed E-state index contributed by atoms with van der Waals surface area (Å²) >= 11 is 17.8. The summed E-state index contributed by atoms with van der Waals surface area (Å²) in [6, 6.07) is 27.2. The molecule has 0 spiro atoms. The van der Waals surface area contributed by atoms with Crippen molar-refractivity contribution in [1.82, 2.24) is 40.5 Å². The normalized spacial score (nSPS) is 18.2. The number of anilines is 6. The first-order chi connectivity index (χ1) is 42.3. The molecular formula is C65H73Cl3N14O6. The van der Waals surface area contributed by atoms with Crippen molar-refractivity contribution >= 4 is 114 Å². The molecule has 0 radical (unpaired) electrons. The number of aromatic amines is 2. The molecule has 0 unspecified atom stereocenters. The summed E-state index contributed by atoms with van der Waals surface area (Å²) in [7, 11) is 0. The van der Waals surface area contributed by atoms with Crippen LogP contribution in [0, 0.1) is 0 Å². The minimum Gasteiger partial charge on any atom is -0.399 e. The predicted octanol–water partition coefficient (Wildman–Crippen LogP) is 11.8. The molecule has 9 N–H and O–H groups in total. The van der Waals surface area contributed by atoms with Gasteiger partial charge in [-0.2, -0.15) is 0 Å². The highest BCUT2D eigenvalue weighted by molar-refractivity contribution is 6.66. The van der Waals surface area contributed by atoms with Gasteiger partial charge in [-0.15, -0.1) is 0 Å². The standard InChI is InChI=1S/C32H34ClN7O3.C29H32ClN7O2.C3H3ClO.CH4/c1-2-29(41)36-22-10-11-24(28(17-22)40-12-14-43-15-13-40)31(42)37-20-6-5-7-21(16-20)38-32-35-19-26(33)30(39-32)25-18-34-27-9-4-3-8-23(25)27;30-24-17-33-29(36-27(24)23-16-32-25-7-2-1-6-21(23)25)35-20-5-3-4-19(15-20)34-28(38)22-9-8-18(31)14-26(22)37-10-12-39-13-11-37;1-2-3(4)5;/h2-4,8-11,17-21,34H,1,5-7,12-16H2,(H,36,41)(H,37,42)(H,35,38,39);1-2,6-9,14,16-17,19-20,32H,3-5,10-13,15,31H2,(H,34,38)(H,33,35,36);2H,1H2;1H4/t20-,21+;19-,20+;;/m00../s1. The molecule has 20 nitrogen and oxygen atoms in total. The Morgan fingerprint density at radius 2 is 1.06 bits per heavy atom. The summed E-state index contributed by atoms with van der Waals surface area (Å²) in [5, 5.41) is 18.9. The quantitative estimate of drug-likeness (QED) is 0.0270. The van der Waals surface area contributed by atoms with Crippen LogP contribution in [0.4, 0.5) is 34.6 Å². The monoisotopic (exact) mass is 1250 g/mol. The van der Waals surface area contributed by atoms with E-state index >= 15 is 0 Å². The average Bonchev–Trinajstić information content (AvgIpc) is 3.70. The van der Waals surface area contributed by atoms with Gasteiger partial charge >= 0.3 is 0 Å². The number of halogens is 3. The Morgan fingerprint density at radius 1 is 0.614 bits per heavy atom. The van der Waals surface area contributed by atoms with E-state index in [1.54, 1.807) is 30.6 Å². The van der Waals surface area contributed by atoms with Crippen LogP contribution in [-0.4, -0.2) is 130 Å². The number of allylic oxidation sites excluding steroid dienone is 1. The van der Waals surface area contributed by atoms with Crippen molar-refractivity contribution in [2.75, 3.05) is 84.1 Å². The predicted molar refractivity (Wildman–Crippen MR) is 353 cm³/mol. The molecule has 460 valence electrons. The Morgan fingerprint density at radius 3 is 1.52 bits per heavy atom. The second-order valence-corrected chi connectivity index (χ2v) is 22.7. The average molecular weight is 1250 g/mol. The summed E-state index contributed by atoms with van der Waals surface area (Å²) in [5.41, 5.74) is 15.4. The number of fused-ring (bicyclic) bond motifs is 2. The third-order valence-electron chi connectivity index (χ3n) is 15.7. The van der Waals surface area contributed by atoms with Crippen LogP contribution in [0.25, 0.3) is 44.3 Å². The van der Waals surface area contributed by atoms with Crippen molar-refractivity contribution in [2.45, 2.75) is 83.0 Å². The van der Waals surface area contributed by atoms with Crippen molar-refractivity contribution in [2.24, 2.45) is 0 Å². The number of hydrogen-bond donors (Lipinski definition) is 8. The second kappa shape index (κ2) is 30.4. The summed E-state index contributed by atoms with van der Waals surface area (Å²) in [6.45, 7) is 11.8. The number of para-hydroxylation sites is 2. The van der Waals surface area contributed by atoms with Crippen LogP contribution >= 0.6 is 34.8 Å². The van der Waals surface area contributed by atoms with E-state index in [0.717, 1.165) is 115 Å². The second-order valence-electron chi connectivity index (χ2n) is 21.5. The van der Waals surface area contributed by atoms with Crippen LogP contribution in [0.15, 0.2) is 135 Å². The van der Waals surface area contributed by atoms with Gasteiger partial charge in [0, 0.05) is 107 Å². The van der Waals surface area contributed by atoms with Crippen molar-refractivity contribution in [1.29, 1.82) is 0 Å². The van der Waals surface area contributed by atoms with Gasteiger partial charge in [-0.1, -0.05) is 80.2 Å². The molecule has 6 heterocycles. The summed E-state index contributed by atoms with van der Waals surface area (Å²) in [4.78, 5) is 77.7. The molecule has 4 aromatic carbocycles. The first-order valence-electron chi connectivity index (χ1n) is 29.1.